The molecular formula is C32H27NO4. The van der Waals surface area contributed by atoms with Gasteiger partial charge >= 0.3 is 5.97 Å². The van der Waals surface area contributed by atoms with Crippen molar-refractivity contribution in [3.63, 3.8) is 0 Å². The number of carbonyl (C=O) groups is 2. The van der Waals surface area contributed by atoms with E-state index in [0.717, 1.165) is 51.7 Å². The standard InChI is InChI=1S/C32H27NO4/c1-2-36-28-19-22(16-18-27(28)37-32(35)21-10-4-3-5-11-21)29-30-23-12-7-6-9-20(23)15-17-25(30)33-24-13-8-14-26(34)31(24)29/h3-7,9-12,15-19,29,33H,2,8,13-14H2,1H3. The molecule has 1 N–H and O–H groups in total. The fourth-order valence-corrected chi connectivity index (χ4v) is 5.47. The van der Waals surface area contributed by atoms with Gasteiger partial charge in [-0.05, 0) is 72.0 Å². The molecular weight excluding hydrogens is 462 g/mol. The summed E-state index contributed by atoms with van der Waals surface area (Å²) in [6, 6.07) is 27.0. The Labute approximate surface area is 215 Å². The van der Waals surface area contributed by atoms with E-state index in [0.29, 0.717) is 30.1 Å². The molecule has 4 aromatic carbocycles. The van der Waals surface area contributed by atoms with Crippen LogP contribution in [0.4, 0.5) is 5.69 Å². The first-order valence-electron chi connectivity index (χ1n) is 12.7. The van der Waals surface area contributed by atoms with Crippen LogP contribution in [0, 0.1) is 0 Å². The van der Waals surface area contributed by atoms with Gasteiger partial charge in [0.1, 0.15) is 0 Å². The summed E-state index contributed by atoms with van der Waals surface area (Å²) in [4.78, 5) is 26.1. The summed E-state index contributed by atoms with van der Waals surface area (Å²) >= 11 is 0. The number of allylic oxidation sites excluding steroid dienone is 2. The quantitative estimate of drug-likeness (QED) is 0.241. The van der Waals surface area contributed by atoms with Gasteiger partial charge in [0, 0.05) is 29.3 Å². The van der Waals surface area contributed by atoms with Crippen molar-refractivity contribution in [3.8, 4) is 11.5 Å². The SMILES string of the molecule is CCOc1cc(C2C3=C(CCCC3=O)Nc3ccc4ccccc4c32)ccc1OC(=O)c1ccccc1. The fourth-order valence-electron chi connectivity index (χ4n) is 5.47. The normalized spacial score (nSPS) is 16.6. The smallest absolute Gasteiger partial charge is 0.343 e. The number of fused-ring (bicyclic) bond motifs is 3. The maximum absolute atomic E-state index is 13.3. The van der Waals surface area contributed by atoms with Gasteiger partial charge in [-0.15, -0.1) is 0 Å². The molecule has 0 saturated heterocycles. The van der Waals surface area contributed by atoms with Gasteiger partial charge in [0.2, 0.25) is 0 Å². The number of esters is 1. The number of rotatable bonds is 5. The van der Waals surface area contributed by atoms with Crippen LogP contribution in [0.5, 0.6) is 11.5 Å². The van der Waals surface area contributed by atoms with Crippen LogP contribution in [0.2, 0.25) is 0 Å². The van der Waals surface area contributed by atoms with E-state index in [4.69, 9.17) is 9.47 Å². The lowest BCUT2D eigenvalue weighted by Crippen LogP contribution is -2.27. The topological polar surface area (TPSA) is 64.6 Å². The third-order valence-electron chi connectivity index (χ3n) is 7.10. The second kappa shape index (κ2) is 9.58. The minimum Gasteiger partial charge on any atom is -0.490 e. The lowest BCUT2D eigenvalue weighted by Gasteiger charge is -2.35. The lowest BCUT2D eigenvalue weighted by atomic mass is 9.74. The monoisotopic (exact) mass is 489 g/mol. The number of ketones is 1. The first-order valence-corrected chi connectivity index (χ1v) is 12.7. The van der Waals surface area contributed by atoms with Crippen LogP contribution in [-0.4, -0.2) is 18.4 Å². The summed E-state index contributed by atoms with van der Waals surface area (Å²) in [5, 5.41) is 5.81. The molecule has 6 rings (SSSR count). The number of ether oxygens (including phenoxy) is 2. The van der Waals surface area contributed by atoms with Crippen molar-refractivity contribution in [1.82, 2.24) is 0 Å². The zero-order chi connectivity index (χ0) is 25.4. The summed E-state index contributed by atoms with van der Waals surface area (Å²) in [5.74, 6) is 0.323. The first kappa shape index (κ1) is 23.0. The molecule has 184 valence electrons. The third-order valence-corrected chi connectivity index (χ3v) is 7.10. The van der Waals surface area contributed by atoms with Crippen LogP contribution < -0.4 is 14.8 Å². The molecule has 0 amide bonds. The van der Waals surface area contributed by atoms with E-state index in [9.17, 15) is 9.59 Å². The largest absolute Gasteiger partial charge is 0.490 e. The Bertz CT molecular complexity index is 1550. The van der Waals surface area contributed by atoms with Crippen molar-refractivity contribution in [3.05, 3.63) is 113 Å². The highest BCUT2D eigenvalue weighted by molar-refractivity contribution is 6.04. The zero-order valence-electron chi connectivity index (χ0n) is 20.6. The Morgan fingerprint density at radius 2 is 1.73 bits per heavy atom. The molecule has 2 aliphatic rings. The van der Waals surface area contributed by atoms with Crippen LogP contribution in [0.15, 0.2) is 96.2 Å². The van der Waals surface area contributed by atoms with Crippen molar-refractivity contribution >= 4 is 28.2 Å². The van der Waals surface area contributed by atoms with E-state index in [1.54, 1.807) is 30.3 Å². The van der Waals surface area contributed by atoms with Gasteiger partial charge < -0.3 is 14.8 Å². The maximum atomic E-state index is 13.3. The molecule has 0 fully saturated rings. The molecule has 1 aliphatic carbocycles. The number of hydrogen-bond acceptors (Lipinski definition) is 5. The van der Waals surface area contributed by atoms with Crippen molar-refractivity contribution < 1.29 is 19.1 Å². The Hall–Kier alpha value is -4.38. The molecule has 0 saturated carbocycles. The summed E-state index contributed by atoms with van der Waals surface area (Å²) in [6.45, 7) is 2.31. The van der Waals surface area contributed by atoms with Crippen LogP contribution >= 0.6 is 0 Å². The molecule has 5 nitrogen and oxygen atoms in total. The third kappa shape index (κ3) is 4.16. The maximum Gasteiger partial charge on any atom is 0.343 e. The predicted octanol–water partition coefficient (Wildman–Crippen LogP) is 7.02. The average molecular weight is 490 g/mol. The number of benzene rings is 4. The van der Waals surface area contributed by atoms with E-state index in [1.165, 1.54) is 0 Å². The molecule has 1 atom stereocenters. The Morgan fingerprint density at radius 3 is 2.57 bits per heavy atom. The summed E-state index contributed by atoms with van der Waals surface area (Å²) < 4.78 is 11.7. The predicted molar refractivity (Wildman–Crippen MR) is 144 cm³/mol. The molecule has 5 heteroatoms. The highest BCUT2D eigenvalue weighted by Gasteiger charge is 2.36. The molecule has 4 aromatic rings. The number of carbonyl (C=O) groups excluding carboxylic acids is 2. The van der Waals surface area contributed by atoms with Crippen LogP contribution in [0.3, 0.4) is 0 Å². The second-order valence-electron chi connectivity index (χ2n) is 9.37. The number of Topliss-reactive ketones (excluding diaryl/α,β-unsaturated/α-hetero) is 1. The van der Waals surface area contributed by atoms with Gasteiger partial charge in [-0.25, -0.2) is 4.79 Å². The second-order valence-corrected chi connectivity index (χ2v) is 9.37. The minimum atomic E-state index is -0.444. The van der Waals surface area contributed by atoms with Crippen molar-refractivity contribution in [2.45, 2.75) is 32.1 Å². The average Bonchev–Trinajstić information content (AvgIpc) is 2.93. The lowest BCUT2D eigenvalue weighted by molar-refractivity contribution is -0.116. The van der Waals surface area contributed by atoms with Crippen LogP contribution in [0.1, 0.15) is 53.6 Å². The Balaban J connectivity index is 1.49. The number of anilines is 1. The highest BCUT2D eigenvalue weighted by atomic mass is 16.6. The minimum absolute atomic E-state index is 0.176. The zero-order valence-corrected chi connectivity index (χ0v) is 20.6. The number of hydrogen-bond donors (Lipinski definition) is 1. The van der Waals surface area contributed by atoms with Gasteiger partial charge in [-0.2, -0.15) is 0 Å². The number of nitrogens with one attached hydrogen (secondary N) is 1. The van der Waals surface area contributed by atoms with Crippen molar-refractivity contribution in [2.24, 2.45) is 0 Å². The molecule has 1 aliphatic heterocycles. The molecule has 0 aromatic heterocycles. The van der Waals surface area contributed by atoms with Gasteiger partial charge in [-0.1, -0.05) is 54.6 Å². The van der Waals surface area contributed by atoms with E-state index < -0.39 is 5.97 Å². The molecule has 37 heavy (non-hydrogen) atoms. The molecule has 0 radical (unpaired) electrons. The van der Waals surface area contributed by atoms with E-state index in [-0.39, 0.29) is 11.7 Å². The van der Waals surface area contributed by atoms with Crippen LogP contribution in [0.25, 0.3) is 10.8 Å². The molecule has 1 unspecified atom stereocenters. The van der Waals surface area contributed by atoms with Gasteiger partial charge in [0.25, 0.3) is 0 Å². The van der Waals surface area contributed by atoms with Crippen LogP contribution in [-0.2, 0) is 4.79 Å². The summed E-state index contributed by atoms with van der Waals surface area (Å²) in [7, 11) is 0. The van der Waals surface area contributed by atoms with Gasteiger partial charge in [-0.3, -0.25) is 4.79 Å². The van der Waals surface area contributed by atoms with E-state index in [1.807, 2.05) is 37.3 Å². The van der Waals surface area contributed by atoms with Crippen molar-refractivity contribution in [1.29, 1.82) is 0 Å². The van der Waals surface area contributed by atoms with E-state index in [2.05, 4.69) is 29.6 Å². The van der Waals surface area contributed by atoms with Crippen molar-refractivity contribution in [2.75, 3.05) is 11.9 Å². The van der Waals surface area contributed by atoms with E-state index >= 15 is 0 Å². The Morgan fingerprint density at radius 1 is 0.919 bits per heavy atom. The first-order chi connectivity index (χ1) is 18.1. The molecule has 0 bridgehead atoms. The molecule has 1 heterocycles. The summed E-state index contributed by atoms with van der Waals surface area (Å²) in [5.41, 5.74) is 5.34. The molecule has 0 spiro atoms. The van der Waals surface area contributed by atoms with Gasteiger partial charge in [0.15, 0.2) is 17.3 Å². The summed E-state index contributed by atoms with van der Waals surface area (Å²) in [6.07, 6.45) is 2.23. The Kier molecular flexibility index (Phi) is 5.97. The highest BCUT2D eigenvalue weighted by Crippen LogP contribution is 2.49. The van der Waals surface area contributed by atoms with Gasteiger partial charge in [0.05, 0.1) is 12.2 Å². The fraction of sp³-hybridized carbons (Fsp3) is 0.188.